The van der Waals surface area contributed by atoms with E-state index in [1.54, 1.807) is 16.3 Å². The minimum Gasteiger partial charge on any atom is -0.302 e. The van der Waals surface area contributed by atoms with E-state index in [1.165, 1.54) is 11.5 Å². The number of aryl methyl sites for hydroxylation is 4. The number of rotatable bonds is 6. The Kier molecular flexibility index (Phi) is 5.41. The molecule has 0 unspecified atom stereocenters. The molecule has 4 aromatic rings. The summed E-state index contributed by atoms with van der Waals surface area (Å²) in [5, 5.41) is 4.63. The number of benzene rings is 1. The van der Waals surface area contributed by atoms with Crippen molar-refractivity contribution in [2.45, 2.75) is 47.2 Å². The van der Waals surface area contributed by atoms with Gasteiger partial charge in [0.25, 0.3) is 5.56 Å². The number of carbonyl (C=O) groups excluding carboxylic acids is 1. The van der Waals surface area contributed by atoms with Crippen LogP contribution in [0.3, 0.4) is 0 Å². The summed E-state index contributed by atoms with van der Waals surface area (Å²) in [6.45, 7) is 7.39. The monoisotopic (exact) mass is 434 g/mol. The van der Waals surface area contributed by atoms with E-state index in [1.807, 2.05) is 51.1 Å². The van der Waals surface area contributed by atoms with Gasteiger partial charge in [-0.05, 0) is 45.2 Å². The van der Waals surface area contributed by atoms with Gasteiger partial charge in [0.1, 0.15) is 5.78 Å². The molecule has 1 aromatic carbocycles. The van der Waals surface area contributed by atoms with Gasteiger partial charge in [-0.2, -0.15) is 10.1 Å². The molecule has 3 aromatic heterocycles. The summed E-state index contributed by atoms with van der Waals surface area (Å²) in [7, 11) is 1.56. The lowest BCUT2D eigenvalue weighted by molar-refractivity contribution is -0.117. The molecule has 9 nitrogen and oxygen atoms in total. The van der Waals surface area contributed by atoms with Crippen LogP contribution in [0, 0.1) is 20.8 Å². The van der Waals surface area contributed by atoms with Crippen LogP contribution >= 0.6 is 0 Å². The van der Waals surface area contributed by atoms with Gasteiger partial charge in [0.2, 0.25) is 5.95 Å². The molecular weight excluding hydrogens is 408 g/mol. The zero-order valence-electron chi connectivity index (χ0n) is 18.9. The molecule has 32 heavy (non-hydrogen) atoms. The highest BCUT2D eigenvalue weighted by Gasteiger charge is 2.23. The number of carbonyl (C=O) groups is 1. The van der Waals surface area contributed by atoms with Crippen molar-refractivity contribution in [1.82, 2.24) is 28.5 Å². The predicted octanol–water partition coefficient (Wildman–Crippen LogP) is 1.84. The molecule has 0 amide bonds. The SMILES string of the molecule is CC(=O)Cn1c(=O)c2c(nc(-n3nc(C)c(C)c3C)n2CCc2ccccc2)n(C)c1=O. The van der Waals surface area contributed by atoms with Crippen molar-refractivity contribution in [3.8, 4) is 5.95 Å². The second-order valence-corrected chi connectivity index (χ2v) is 8.11. The van der Waals surface area contributed by atoms with Crippen LogP contribution < -0.4 is 11.2 Å². The average Bonchev–Trinajstić information content (AvgIpc) is 3.27. The standard InChI is InChI=1S/C23H26N6O3/c1-14(30)13-28-21(31)19-20(26(5)23(28)32)24-22(29-17(4)15(2)16(3)25-29)27(19)12-11-18-9-7-6-8-10-18/h6-10H,11-13H2,1-5H3. The maximum atomic E-state index is 13.4. The summed E-state index contributed by atoms with van der Waals surface area (Å²) in [5.41, 5.74) is 3.38. The number of imidazole rings is 1. The van der Waals surface area contributed by atoms with E-state index >= 15 is 0 Å². The Morgan fingerprint density at radius 2 is 1.72 bits per heavy atom. The molecule has 3 heterocycles. The molecule has 0 atom stereocenters. The Morgan fingerprint density at radius 3 is 2.31 bits per heavy atom. The van der Waals surface area contributed by atoms with Crippen LogP contribution in [0.2, 0.25) is 0 Å². The van der Waals surface area contributed by atoms with E-state index < -0.39 is 11.2 Å². The van der Waals surface area contributed by atoms with E-state index in [0.29, 0.717) is 18.9 Å². The third-order valence-corrected chi connectivity index (χ3v) is 5.90. The number of fused-ring (bicyclic) bond motifs is 1. The van der Waals surface area contributed by atoms with E-state index in [9.17, 15) is 14.4 Å². The molecule has 4 rings (SSSR count). The zero-order chi connectivity index (χ0) is 23.2. The van der Waals surface area contributed by atoms with Gasteiger partial charge in [0.15, 0.2) is 11.2 Å². The lowest BCUT2D eigenvalue weighted by Gasteiger charge is -2.11. The third-order valence-electron chi connectivity index (χ3n) is 5.90. The first-order chi connectivity index (χ1) is 15.2. The van der Waals surface area contributed by atoms with Gasteiger partial charge in [-0.3, -0.25) is 18.7 Å². The molecule has 0 aliphatic carbocycles. The molecule has 0 aliphatic rings. The lowest BCUT2D eigenvalue weighted by atomic mass is 10.1. The number of Topliss-reactive ketones (excluding diaryl/α,β-unsaturated/α-hetero) is 1. The van der Waals surface area contributed by atoms with Crippen molar-refractivity contribution in [2.24, 2.45) is 7.05 Å². The smallest absolute Gasteiger partial charge is 0.302 e. The number of nitrogens with zero attached hydrogens (tertiary/aromatic N) is 6. The highest BCUT2D eigenvalue weighted by molar-refractivity contribution is 5.76. The second kappa shape index (κ2) is 8.07. The molecule has 0 bridgehead atoms. The summed E-state index contributed by atoms with van der Waals surface area (Å²) >= 11 is 0. The van der Waals surface area contributed by atoms with Crippen molar-refractivity contribution in [3.63, 3.8) is 0 Å². The van der Waals surface area contributed by atoms with Crippen LogP contribution in [0.25, 0.3) is 17.1 Å². The highest BCUT2D eigenvalue weighted by Crippen LogP contribution is 2.20. The minimum atomic E-state index is -0.568. The Labute approximate surface area is 184 Å². The van der Waals surface area contributed by atoms with Crippen molar-refractivity contribution in [2.75, 3.05) is 0 Å². The van der Waals surface area contributed by atoms with Crippen molar-refractivity contribution >= 4 is 16.9 Å². The van der Waals surface area contributed by atoms with Crippen LogP contribution in [-0.4, -0.2) is 34.2 Å². The molecule has 166 valence electrons. The minimum absolute atomic E-state index is 0.270. The van der Waals surface area contributed by atoms with Gasteiger partial charge in [-0.25, -0.2) is 9.48 Å². The third kappa shape index (κ3) is 3.49. The normalized spacial score (nSPS) is 11.4. The summed E-state index contributed by atoms with van der Waals surface area (Å²) < 4.78 is 5.82. The quantitative estimate of drug-likeness (QED) is 0.461. The molecule has 0 N–H and O–H groups in total. The van der Waals surface area contributed by atoms with Gasteiger partial charge in [-0.1, -0.05) is 30.3 Å². The second-order valence-electron chi connectivity index (χ2n) is 8.11. The van der Waals surface area contributed by atoms with E-state index in [4.69, 9.17) is 0 Å². The summed E-state index contributed by atoms with van der Waals surface area (Å²) in [4.78, 5) is 42.6. The lowest BCUT2D eigenvalue weighted by Crippen LogP contribution is -2.41. The molecule has 9 heteroatoms. The van der Waals surface area contributed by atoms with Crippen molar-refractivity contribution in [3.05, 3.63) is 73.7 Å². The van der Waals surface area contributed by atoms with E-state index in [-0.39, 0.29) is 23.5 Å². The number of ketones is 1. The fourth-order valence-electron chi connectivity index (χ4n) is 3.90. The van der Waals surface area contributed by atoms with Crippen LogP contribution in [0.5, 0.6) is 0 Å². The fraction of sp³-hybridized carbons (Fsp3) is 0.348. The van der Waals surface area contributed by atoms with Gasteiger partial charge < -0.3 is 4.57 Å². The molecule has 0 radical (unpaired) electrons. The van der Waals surface area contributed by atoms with Gasteiger partial charge in [0.05, 0.1) is 12.2 Å². The van der Waals surface area contributed by atoms with Crippen LogP contribution in [-0.2, 0) is 31.4 Å². The Morgan fingerprint density at radius 1 is 1.03 bits per heavy atom. The van der Waals surface area contributed by atoms with Crippen LogP contribution in [0.15, 0.2) is 39.9 Å². The first kappa shape index (κ1) is 21.5. The van der Waals surface area contributed by atoms with Crippen LogP contribution in [0.1, 0.15) is 29.4 Å². The number of aromatic nitrogens is 6. The average molecular weight is 435 g/mol. The van der Waals surface area contributed by atoms with Gasteiger partial charge >= 0.3 is 5.69 Å². The first-order valence-electron chi connectivity index (χ1n) is 10.5. The largest absolute Gasteiger partial charge is 0.332 e. The molecule has 0 fully saturated rings. The van der Waals surface area contributed by atoms with Crippen molar-refractivity contribution < 1.29 is 4.79 Å². The Hall–Kier alpha value is -3.75. The molecule has 0 spiro atoms. The van der Waals surface area contributed by atoms with Gasteiger partial charge in [0, 0.05) is 19.3 Å². The first-order valence-corrected chi connectivity index (χ1v) is 10.5. The number of hydrogen-bond acceptors (Lipinski definition) is 5. The summed E-state index contributed by atoms with van der Waals surface area (Å²) in [6.07, 6.45) is 0.659. The molecule has 0 aliphatic heterocycles. The fourth-order valence-corrected chi connectivity index (χ4v) is 3.90. The van der Waals surface area contributed by atoms with Crippen molar-refractivity contribution in [1.29, 1.82) is 0 Å². The summed E-state index contributed by atoms with van der Waals surface area (Å²) in [6, 6.07) is 9.94. The van der Waals surface area contributed by atoms with E-state index in [0.717, 1.165) is 27.1 Å². The summed E-state index contributed by atoms with van der Waals surface area (Å²) in [5.74, 6) is 0.200. The zero-order valence-corrected chi connectivity index (χ0v) is 18.9. The highest BCUT2D eigenvalue weighted by atomic mass is 16.2. The maximum absolute atomic E-state index is 13.4. The van der Waals surface area contributed by atoms with Gasteiger partial charge in [-0.15, -0.1) is 0 Å². The Balaban J connectivity index is 2.01. The topological polar surface area (TPSA) is 96.7 Å². The maximum Gasteiger partial charge on any atom is 0.332 e. The van der Waals surface area contributed by atoms with E-state index in [2.05, 4.69) is 10.1 Å². The molecule has 0 saturated carbocycles. The molecular formula is C23H26N6O3. The van der Waals surface area contributed by atoms with Crippen LogP contribution in [0.4, 0.5) is 0 Å². The Bertz CT molecular complexity index is 1450. The predicted molar refractivity (Wildman–Crippen MR) is 121 cm³/mol. The molecule has 0 saturated heterocycles. The number of hydrogen-bond donors (Lipinski definition) is 0.